The van der Waals surface area contributed by atoms with E-state index in [0.29, 0.717) is 19.0 Å². The van der Waals surface area contributed by atoms with Crippen LogP contribution < -0.4 is 14.8 Å². The van der Waals surface area contributed by atoms with Gasteiger partial charge < -0.3 is 14.8 Å². The minimum Gasteiger partial charge on any atom is -0.490 e. The van der Waals surface area contributed by atoms with Gasteiger partial charge in [0.15, 0.2) is 11.5 Å². The monoisotopic (exact) mass is 319 g/mol. The summed E-state index contributed by atoms with van der Waals surface area (Å²) in [5.74, 6) is 1.35. The topological polar surface area (TPSA) is 47.6 Å². The molecule has 1 aromatic rings. The van der Waals surface area contributed by atoms with Crippen molar-refractivity contribution < 1.29 is 14.3 Å². The first kappa shape index (κ1) is 19.1. The summed E-state index contributed by atoms with van der Waals surface area (Å²) in [6.45, 7) is 11.3. The van der Waals surface area contributed by atoms with Gasteiger partial charge in [-0.2, -0.15) is 0 Å². The Morgan fingerprint density at radius 2 is 1.91 bits per heavy atom. The fourth-order valence-corrected chi connectivity index (χ4v) is 1.86. The largest absolute Gasteiger partial charge is 0.490 e. The summed E-state index contributed by atoms with van der Waals surface area (Å²) in [5.41, 5.74) is 0.706. The van der Waals surface area contributed by atoms with Gasteiger partial charge in [-0.15, -0.1) is 0 Å². The van der Waals surface area contributed by atoms with Crippen molar-refractivity contribution >= 4 is 12.0 Å². The fraction of sp³-hybridized carbons (Fsp3) is 0.526. The molecule has 1 amide bonds. The third-order valence-electron chi connectivity index (χ3n) is 3.50. The van der Waals surface area contributed by atoms with Crippen LogP contribution in [-0.4, -0.2) is 24.7 Å². The number of benzene rings is 1. The van der Waals surface area contributed by atoms with Crippen molar-refractivity contribution in [3.8, 4) is 11.5 Å². The summed E-state index contributed by atoms with van der Waals surface area (Å²) in [6.07, 6.45) is 5.16. The summed E-state index contributed by atoms with van der Waals surface area (Å²) in [6, 6.07) is 5.69. The summed E-state index contributed by atoms with van der Waals surface area (Å²) < 4.78 is 11.3. The highest BCUT2D eigenvalue weighted by molar-refractivity contribution is 5.92. The minimum absolute atomic E-state index is 0.0962. The summed E-state index contributed by atoms with van der Waals surface area (Å²) in [7, 11) is 0. The van der Waals surface area contributed by atoms with Crippen molar-refractivity contribution in [3.63, 3.8) is 0 Å². The molecule has 0 fully saturated rings. The summed E-state index contributed by atoms with van der Waals surface area (Å²) >= 11 is 0. The lowest BCUT2D eigenvalue weighted by Crippen LogP contribution is -2.41. The predicted octanol–water partition coefficient (Wildman–Crippen LogP) is 4.19. The average Bonchev–Trinajstić information content (AvgIpc) is 2.52. The zero-order valence-corrected chi connectivity index (χ0v) is 14.9. The van der Waals surface area contributed by atoms with Gasteiger partial charge in [-0.1, -0.05) is 19.9 Å². The average molecular weight is 319 g/mol. The second-order valence-electron chi connectivity index (χ2n) is 6.05. The number of rotatable bonds is 9. The van der Waals surface area contributed by atoms with E-state index in [9.17, 15) is 4.79 Å². The van der Waals surface area contributed by atoms with Crippen molar-refractivity contribution in [1.82, 2.24) is 5.32 Å². The smallest absolute Gasteiger partial charge is 0.244 e. The second kappa shape index (κ2) is 9.23. The molecule has 0 aliphatic heterocycles. The first-order valence-electron chi connectivity index (χ1n) is 8.31. The highest BCUT2D eigenvalue weighted by Gasteiger charge is 2.15. The van der Waals surface area contributed by atoms with Gasteiger partial charge >= 0.3 is 0 Å². The molecule has 23 heavy (non-hydrogen) atoms. The lowest BCUT2D eigenvalue weighted by atomic mass is 10.0. The Balaban J connectivity index is 2.82. The summed E-state index contributed by atoms with van der Waals surface area (Å²) in [5, 5.41) is 2.97. The minimum atomic E-state index is -0.199. The molecule has 1 rings (SSSR count). The maximum atomic E-state index is 12.0. The third kappa shape index (κ3) is 6.76. The highest BCUT2D eigenvalue weighted by Crippen LogP contribution is 2.29. The van der Waals surface area contributed by atoms with Crippen molar-refractivity contribution in [2.45, 2.75) is 53.0 Å². The van der Waals surface area contributed by atoms with Crippen LogP contribution in [0.4, 0.5) is 0 Å². The molecule has 0 heterocycles. The fourth-order valence-electron chi connectivity index (χ4n) is 1.86. The maximum absolute atomic E-state index is 12.0. The van der Waals surface area contributed by atoms with Gasteiger partial charge in [0, 0.05) is 11.6 Å². The molecule has 128 valence electrons. The van der Waals surface area contributed by atoms with Crippen molar-refractivity contribution in [1.29, 1.82) is 0 Å². The summed E-state index contributed by atoms with van der Waals surface area (Å²) in [4.78, 5) is 12.0. The van der Waals surface area contributed by atoms with Crippen LogP contribution in [0, 0.1) is 0 Å². The third-order valence-corrected chi connectivity index (χ3v) is 3.50. The van der Waals surface area contributed by atoms with Crippen LogP contribution in [0.2, 0.25) is 0 Å². The van der Waals surface area contributed by atoms with E-state index in [1.54, 1.807) is 12.2 Å². The van der Waals surface area contributed by atoms with E-state index in [1.165, 1.54) is 0 Å². The molecule has 1 aromatic carbocycles. The van der Waals surface area contributed by atoms with Gasteiger partial charge in [0.2, 0.25) is 5.91 Å². The van der Waals surface area contributed by atoms with Gasteiger partial charge in [-0.25, -0.2) is 0 Å². The molecule has 0 spiro atoms. The molecule has 0 saturated carbocycles. The normalized spacial score (nSPS) is 11.5. The van der Waals surface area contributed by atoms with Crippen molar-refractivity contribution in [2.75, 3.05) is 13.2 Å². The van der Waals surface area contributed by atoms with Crippen LogP contribution in [0.5, 0.6) is 11.5 Å². The van der Waals surface area contributed by atoms with Crippen molar-refractivity contribution in [2.24, 2.45) is 0 Å². The van der Waals surface area contributed by atoms with Crippen LogP contribution in [0.3, 0.4) is 0 Å². The Kier molecular flexibility index (Phi) is 7.66. The van der Waals surface area contributed by atoms with Crippen LogP contribution in [-0.2, 0) is 4.79 Å². The molecular weight excluding hydrogens is 290 g/mol. The van der Waals surface area contributed by atoms with Crippen LogP contribution in [0.1, 0.15) is 53.0 Å². The lowest BCUT2D eigenvalue weighted by molar-refractivity contribution is -0.117. The molecule has 0 aromatic heterocycles. The molecule has 0 atom stereocenters. The van der Waals surface area contributed by atoms with Crippen molar-refractivity contribution in [3.05, 3.63) is 29.8 Å². The van der Waals surface area contributed by atoms with Gasteiger partial charge in [-0.3, -0.25) is 4.79 Å². The van der Waals surface area contributed by atoms with E-state index in [2.05, 4.69) is 12.2 Å². The Morgan fingerprint density at radius 1 is 1.17 bits per heavy atom. The molecule has 4 heteroatoms. The number of ether oxygens (including phenoxy) is 2. The van der Waals surface area contributed by atoms with E-state index < -0.39 is 0 Å². The van der Waals surface area contributed by atoms with Gasteiger partial charge in [0.05, 0.1) is 13.2 Å². The molecule has 0 bridgehead atoms. The van der Waals surface area contributed by atoms with E-state index in [0.717, 1.165) is 24.2 Å². The van der Waals surface area contributed by atoms with E-state index >= 15 is 0 Å². The highest BCUT2D eigenvalue weighted by atomic mass is 16.5. The second-order valence-corrected chi connectivity index (χ2v) is 6.05. The van der Waals surface area contributed by atoms with Crippen LogP contribution in [0.15, 0.2) is 24.3 Å². The van der Waals surface area contributed by atoms with Crippen LogP contribution in [0.25, 0.3) is 6.08 Å². The molecular formula is C19H29NO3. The van der Waals surface area contributed by atoms with Gasteiger partial charge in [0.25, 0.3) is 0 Å². The van der Waals surface area contributed by atoms with Gasteiger partial charge in [0.1, 0.15) is 0 Å². The lowest BCUT2D eigenvalue weighted by Gasteiger charge is -2.23. The number of carbonyl (C=O) groups is 1. The van der Waals surface area contributed by atoms with Gasteiger partial charge in [-0.05, 0) is 57.4 Å². The first-order valence-corrected chi connectivity index (χ1v) is 8.31. The quantitative estimate of drug-likeness (QED) is 0.694. The molecule has 4 nitrogen and oxygen atoms in total. The van der Waals surface area contributed by atoms with E-state index in [1.807, 2.05) is 45.9 Å². The Bertz CT molecular complexity index is 535. The zero-order chi connectivity index (χ0) is 17.3. The van der Waals surface area contributed by atoms with E-state index in [-0.39, 0.29) is 11.4 Å². The number of nitrogens with one attached hydrogen (secondary N) is 1. The number of carbonyl (C=O) groups excluding carboxylic acids is 1. The molecule has 1 N–H and O–H groups in total. The Morgan fingerprint density at radius 3 is 2.52 bits per heavy atom. The zero-order valence-electron chi connectivity index (χ0n) is 14.9. The molecule has 0 radical (unpaired) electrons. The standard InChI is InChI=1S/C19H29NO3/c1-6-13-23-16-11-9-15(14-17(16)22-8-3)10-12-18(21)20-19(4,5)7-2/h9-12,14H,6-8,13H2,1-5H3,(H,20,21)/b12-10+. The first-order chi connectivity index (χ1) is 10.9. The predicted molar refractivity (Wildman–Crippen MR) is 94.9 cm³/mol. The maximum Gasteiger partial charge on any atom is 0.244 e. The SMILES string of the molecule is CCCOc1ccc(/C=C/C(=O)NC(C)(C)CC)cc1OCC. The molecule has 0 saturated heterocycles. The molecule has 0 aliphatic rings. The molecule has 0 unspecified atom stereocenters. The Labute approximate surface area is 139 Å². The number of hydrogen-bond acceptors (Lipinski definition) is 3. The Hall–Kier alpha value is -1.97. The van der Waals surface area contributed by atoms with E-state index in [4.69, 9.17) is 9.47 Å². The number of amides is 1. The number of hydrogen-bond donors (Lipinski definition) is 1. The molecule has 0 aliphatic carbocycles. The van der Waals surface area contributed by atoms with Crippen LogP contribution >= 0.6 is 0 Å².